The minimum absolute atomic E-state index is 0.533. The normalized spacial score (nSPS) is 13.1. The van der Waals surface area contributed by atoms with Gasteiger partial charge in [0.1, 0.15) is 17.1 Å². The second-order valence-corrected chi connectivity index (χ2v) is 15.2. The maximum absolute atomic E-state index is 7.07. The van der Waals surface area contributed by atoms with Gasteiger partial charge in [-0.25, -0.2) is 0 Å². The summed E-state index contributed by atoms with van der Waals surface area (Å²) in [6.07, 6.45) is 0. The van der Waals surface area contributed by atoms with Crippen LogP contribution >= 0.6 is 0 Å². The minimum Gasteiger partial charge on any atom is -0.456 e. The van der Waals surface area contributed by atoms with Gasteiger partial charge in [0, 0.05) is 38.8 Å². The molecule has 10 aromatic rings. The minimum atomic E-state index is -0.533. The van der Waals surface area contributed by atoms with Crippen LogP contribution in [-0.2, 0) is 5.41 Å². The molecule has 2 aliphatic rings. The number of hydrogen-bond acceptors (Lipinski definition) is 3. The zero-order valence-electron chi connectivity index (χ0n) is 31.5. The molecule has 9 aromatic carbocycles. The van der Waals surface area contributed by atoms with E-state index in [9.17, 15) is 0 Å². The quantitative estimate of drug-likeness (QED) is 0.176. The highest BCUT2D eigenvalue weighted by Crippen LogP contribution is 2.63. The summed E-state index contributed by atoms with van der Waals surface area (Å²) in [5.74, 6) is 1.75. The fraction of sp³-hybridized carbons (Fsp3) is 0.0182. The molecule has 58 heavy (non-hydrogen) atoms. The van der Waals surface area contributed by atoms with Crippen LogP contribution in [0.5, 0.6) is 11.5 Å². The summed E-state index contributed by atoms with van der Waals surface area (Å²) in [6, 6.07) is 75.9. The van der Waals surface area contributed by atoms with E-state index >= 15 is 0 Å². The van der Waals surface area contributed by atoms with E-state index in [0.717, 1.165) is 78.3 Å². The molecule has 1 aliphatic heterocycles. The zero-order valence-corrected chi connectivity index (χ0v) is 31.5. The van der Waals surface area contributed by atoms with Crippen molar-refractivity contribution in [1.29, 1.82) is 0 Å². The summed E-state index contributed by atoms with van der Waals surface area (Å²) in [5, 5.41) is 2.19. The highest BCUT2D eigenvalue weighted by Gasteiger charge is 2.51. The molecule has 272 valence electrons. The Morgan fingerprint density at radius 1 is 0.379 bits per heavy atom. The number of benzene rings is 9. The van der Waals surface area contributed by atoms with Gasteiger partial charge in [-0.1, -0.05) is 170 Å². The molecule has 0 fully saturated rings. The van der Waals surface area contributed by atoms with Gasteiger partial charge >= 0.3 is 0 Å². The van der Waals surface area contributed by atoms with Crippen LogP contribution in [0.15, 0.2) is 217 Å². The van der Waals surface area contributed by atoms with E-state index in [1.54, 1.807) is 0 Å². The van der Waals surface area contributed by atoms with E-state index < -0.39 is 5.41 Å². The molecule has 3 nitrogen and oxygen atoms in total. The van der Waals surface area contributed by atoms with E-state index in [0.29, 0.717) is 0 Å². The number of rotatable bonds is 5. The molecule has 0 unspecified atom stereocenters. The Labute approximate surface area is 336 Å². The molecule has 0 saturated heterocycles. The summed E-state index contributed by atoms with van der Waals surface area (Å²) >= 11 is 0. The van der Waals surface area contributed by atoms with E-state index in [-0.39, 0.29) is 0 Å². The lowest BCUT2D eigenvalue weighted by Crippen LogP contribution is -2.32. The molecule has 1 spiro atoms. The van der Waals surface area contributed by atoms with Crippen molar-refractivity contribution in [3.05, 3.63) is 235 Å². The lowest BCUT2D eigenvalue weighted by Gasteiger charge is -2.40. The summed E-state index contributed by atoms with van der Waals surface area (Å²) in [6.45, 7) is 0. The number of fused-ring (bicyclic) bond motifs is 12. The van der Waals surface area contributed by atoms with Crippen LogP contribution in [0.3, 0.4) is 0 Å². The van der Waals surface area contributed by atoms with Crippen LogP contribution in [0, 0.1) is 0 Å². The summed E-state index contributed by atoms with van der Waals surface area (Å²) in [5.41, 5.74) is 16.0. The van der Waals surface area contributed by atoms with Crippen molar-refractivity contribution in [1.82, 2.24) is 0 Å². The Bertz CT molecular complexity index is 3170. The standard InChI is InChI=1S/C55H35NO2/c1-2-15-36(16-3-1)37-31-33-39(34-32-37)56(50-28-14-23-45-44-21-6-10-29-51(44)57-54(45)50)40-18-12-17-38(35-40)41-22-13-27-49-53(41)58-52-30-11-9-26-48(52)55(49)46-24-7-4-19-42(46)43-20-5-8-25-47(43)55/h1-35H. The van der Waals surface area contributed by atoms with Crippen molar-refractivity contribution >= 4 is 39.0 Å². The first-order valence-electron chi connectivity index (χ1n) is 19.8. The molecule has 1 aliphatic carbocycles. The molecule has 12 rings (SSSR count). The van der Waals surface area contributed by atoms with Crippen molar-refractivity contribution in [3.8, 4) is 44.9 Å². The van der Waals surface area contributed by atoms with E-state index in [1.807, 2.05) is 12.1 Å². The van der Waals surface area contributed by atoms with E-state index in [4.69, 9.17) is 9.15 Å². The largest absolute Gasteiger partial charge is 0.456 e. The maximum atomic E-state index is 7.07. The molecule has 0 radical (unpaired) electrons. The number of anilines is 3. The van der Waals surface area contributed by atoms with Gasteiger partial charge in [-0.15, -0.1) is 0 Å². The van der Waals surface area contributed by atoms with Crippen molar-refractivity contribution < 1.29 is 9.15 Å². The Hall–Kier alpha value is -7.62. The number of nitrogens with zero attached hydrogens (tertiary/aromatic N) is 1. The van der Waals surface area contributed by atoms with Crippen LogP contribution in [0.2, 0.25) is 0 Å². The third kappa shape index (κ3) is 4.68. The molecule has 2 heterocycles. The first kappa shape index (κ1) is 32.6. The lowest BCUT2D eigenvalue weighted by molar-refractivity contribution is 0.438. The maximum Gasteiger partial charge on any atom is 0.159 e. The van der Waals surface area contributed by atoms with Crippen LogP contribution < -0.4 is 9.64 Å². The Kier molecular flexibility index (Phi) is 7.14. The van der Waals surface area contributed by atoms with Gasteiger partial charge in [0.2, 0.25) is 0 Å². The van der Waals surface area contributed by atoms with Crippen LogP contribution in [0.1, 0.15) is 22.3 Å². The van der Waals surface area contributed by atoms with Crippen molar-refractivity contribution in [3.63, 3.8) is 0 Å². The molecule has 0 bridgehead atoms. The molecular formula is C55H35NO2. The summed E-state index contributed by atoms with van der Waals surface area (Å²) in [7, 11) is 0. The van der Waals surface area contributed by atoms with Gasteiger partial charge < -0.3 is 14.1 Å². The molecule has 0 atom stereocenters. The summed E-state index contributed by atoms with van der Waals surface area (Å²) < 4.78 is 13.7. The van der Waals surface area contributed by atoms with Crippen molar-refractivity contribution in [2.24, 2.45) is 0 Å². The Balaban J connectivity index is 1.07. The monoisotopic (exact) mass is 741 g/mol. The number of furan rings is 1. The van der Waals surface area contributed by atoms with Gasteiger partial charge in [0.15, 0.2) is 5.58 Å². The molecule has 1 aromatic heterocycles. The summed E-state index contributed by atoms with van der Waals surface area (Å²) in [4.78, 5) is 2.32. The third-order valence-corrected chi connectivity index (χ3v) is 12.1. The molecule has 0 amide bonds. The number of hydrogen-bond donors (Lipinski definition) is 0. The number of para-hydroxylation sites is 4. The topological polar surface area (TPSA) is 25.6 Å². The van der Waals surface area contributed by atoms with Gasteiger partial charge in [-0.3, -0.25) is 0 Å². The Morgan fingerprint density at radius 2 is 0.966 bits per heavy atom. The number of ether oxygens (including phenoxy) is 1. The highest BCUT2D eigenvalue weighted by molar-refractivity contribution is 6.10. The van der Waals surface area contributed by atoms with Crippen LogP contribution in [0.25, 0.3) is 55.3 Å². The van der Waals surface area contributed by atoms with Gasteiger partial charge in [0.05, 0.1) is 11.1 Å². The fourth-order valence-corrected chi connectivity index (χ4v) is 9.69. The Morgan fingerprint density at radius 3 is 1.78 bits per heavy atom. The van der Waals surface area contributed by atoms with E-state index in [2.05, 4.69) is 205 Å². The van der Waals surface area contributed by atoms with Crippen LogP contribution in [-0.4, -0.2) is 0 Å². The third-order valence-electron chi connectivity index (χ3n) is 12.1. The first-order chi connectivity index (χ1) is 28.8. The molecule has 0 N–H and O–H groups in total. The van der Waals surface area contributed by atoms with Crippen molar-refractivity contribution in [2.75, 3.05) is 4.90 Å². The van der Waals surface area contributed by atoms with Crippen molar-refractivity contribution in [2.45, 2.75) is 5.41 Å². The highest BCUT2D eigenvalue weighted by atomic mass is 16.5. The average Bonchev–Trinajstić information content (AvgIpc) is 3.82. The van der Waals surface area contributed by atoms with E-state index in [1.165, 1.54) is 27.8 Å². The van der Waals surface area contributed by atoms with Gasteiger partial charge in [-0.05, 0) is 81.4 Å². The SMILES string of the molecule is c1ccc(-c2ccc(N(c3cccc(-c4cccc5c4Oc4ccccc4C54c5ccccc5-c5ccccc54)c3)c3cccc4c3oc3ccccc34)cc2)cc1. The van der Waals surface area contributed by atoms with Gasteiger partial charge in [-0.2, -0.15) is 0 Å². The second kappa shape index (κ2) is 12.7. The fourth-order valence-electron chi connectivity index (χ4n) is 9.69. The van der Waals surface area contributed by atoms with Crippen LogP contribution in [0.4, 0.5) is 17.1 Å². The smallest absolute Gasteiger partial charge is 0.159 e. The zero-order chi connectivity index (χ0) is 38.2. The predicted octanol–water partition coefficient (Wildman–Crippen LogP) is 14.9. The first-order valence-corrected chi connectivity index (χ1v) is 19.8. The average molecular weight is 742 g/mol. The molecule has 3 heteroatoms. The van der Waals surface area contributed by atoms with Gasteiger partial charge in [0.25, 0.3) is 0 Å². The second-order valence-electron chi connectivity index (χ2n) is 15.2. The molecular weight excluding hydrogens is 707 g/mol. The molecule has 0 saturated carbocycles. The lowest BCUT2D eigenvalue weighted by atomic mass is 9.65. The predicted molar refractivity (Wildman–Crippen MR) is 237 cm³/mol.